The highest BCUT2D eigenvalue weighted by molar-refractivity contribution is 9.10. The van der Waals surface area contributed by atoms with Gasteiger partial charge < -0.3 is 9.57 Å². The van der Waals surface area contributed by atoms with Crippen LogP contribution >= 0.6 is 15.9 Å². The lowest BCUT2D eigenvalue weighted by Crippen LogP contribution is -2.63. The fraction of sp³-hybridized carbons (Fsp3) is 0.500. The van der Waals surface area contributed by atoms with Gasteiger partial charge in [0.25, 0.3) is 10.0 Å². The third kappa shape index (κ3) is 5.03. The highest BCUT2D eigenvalue weighted by Crippen LogP contribution is 2.31. The molecule has 2 unspecified atom stereocenters. The molecule has 11 heteroatoms. The number of carbonyl (C=O) groups excluding carboxylic acids is 3. The van der Waals surface area contributed by atoms with Gasteiger partial charge in [-0.2, -0.15) is 4.79 Å². The Hall–Kier alpha value is -1.82. The first-order valence-corrected chi connectivity index (χ1v) is 11.2. The number of benzene rings is 1. The van der Waals surface area contributed by atoms with Crippen molar-refractivity contribution in [1.82, 2.24) is 4.89 Å². The number of imide groups is 1. The second-order valence-corrected chi connectivity index (χ2v) is 10.2. The maximum absolute atomic E-state index is 12.8. The number of hydrogen-bond donors (Lipinski definition) is 1. The molecule has 1 heterocycles. The summed E-state index contributed by atoms with van der Waals surface area (Å²) in [6, 6.07) is 4.79. The van der Waals surface area contributed by atoms with Crippen molar-refractivity contribution in [3.05, 3.63) is 28.7 Å². The number of amides is 2. The maximum Gasteiger partial charge on any atom is 0.524 e. The Morgan fingerprint density at radius 3 is 2.38 bits per heavy atom. The Balaban J connectivity index is 2.23. The molecule has 0 saturated carbocycles. The molecule has 1 aromatic carbocycles. The van der Waals surface area contributed by atoms with Gasteiger partial charge in [0.05, 0.1) is 18.4 Å². The van der Waals surface area contributed by atoms with Crippen LogP contribution in [0.3, 0.4) is 0 Å². The SMILES string of the molecule is CC(=O)[N+]1(C(=O)OC(C)(C)C)CCCC1C(=O)ONS(=O)(=O)c1ccccc1Br. The Bertz CT molecular complexity index is 926. The van der Waals surface area contributed by atoms with Crippen molar-refractivity contribution < 1.29 is 36.9 Å². The summed E-state index contributed by atoms with van der Waals surface area (Å²) in [5.41, 5.74) is -0.865. The van der Waals surface area contributed by atoms with Crippen LogP contribution in [0.1, 0.15) is 40.5 Å². The number of halogens is 1. The molecule has 1 N–H and O–H groups in total. The van der Waals surface area contributed by atoms with Gasteiger partial charge in [0, 0.05) is 17.3 Å². The smallest absolute Gasteiger partial charge is 0.414 e. The predicted molar refractivity (Wildman–Crippen MR) is 106 cm³/mol. The molecule has 1 aliphatic rings. The van der Waals surface area contributed by atoms with Crippen LogP contribution in [0.4, 0.5) is 4.79 Å². The number of rotatable bonds is 4. The molecule has 1 aromatic rings. The molecular weight excluding hydrogens is 468 g/mol. The van der Waals surface area contributed by atoms with E-state index in [4.69, 9.17) is 9.57 Å². The molecule has 2 atom stereocenters. The van der Waals surface area contributed by atoms with Crippen LogP contribution in [0.25, 0.3) is 0 Å². The lowest BCUT2D eigenvalue weighted by Gasteiger charge is -2.33. The standard InChI is InChI=1S/C18H24BrN2O7S/c1-12(22)21(17(24)27-18(2,3)4)11-7-9-14(21)16(23)28-20-29(25,26)15-10-6-5-8-13(15)19/h5-6,8,10,14,20H,7,9,11H2,1-4H3/q+1. The summed E-state index contributed by atoms with van der Waals surface area (Å²) in [7, 11) is -4.17. The topological polar surface area (TPSA) is 116 Å². The Morgan fingerprint density at radius 2 is 1.83 bits per heavy atom. The number of likely N-dealkylation sites (tertiary alicyclic amines) is 1. The van der Waals surface area contributed by atoms with Crippen LogP contribution in [0, 0.1) is 0 Å². The number of quaternary nitrogens is 1. The minimum Gasteiger partial charge on any atom is -0.414 e. The van der Waals surface area contributed by atoms with Crippen molar-refractivity contribution in [2.75, 3.05) is 6.54 Å². The fourth-order valence-corrected chi connectivity index (χ4v) is 4.94. The van der Waals surface area contributed by atoms with E-state index in [-0.39, 0.29) is 22.3 Å². The summed E-state index contributed by atoms with van der Waals surface area (Å²) in [6.45, 7) is 6.21. The zero-order chi connectivity index (χ0) is 22.0. The third-order valence-corrected chi connectivity index (χ3v) is 6.64. The van der Waals surface area contributed by atoms with Crippen molar-refractivity contribution in [3.8, 4) is 0 Å². The van der Waals surface area contributed by atoms with E-state index in [0.717, 1.165) is 0 Å². The molecule has 2 amide bonds. The lowest BCUT2D eigenvalue weighted by atomic mass is 10.2. The number of hydrogen-bond acceptors (Lipinski definition) is 7. The summed E-state index contributed by atoms with van der Waals surface area (Å²) in [4.78, 5) is 44.3. The highest BCUT2D eigenvalue weighted by atomic mass is 79.9. The number of carbonyl (C=O) groups is 3. The van der Waals surface area contributed by atoms with Crippen molar-refractivity contribution in [2.45, 2.75) is 57.1 Å². The molecule has 1 fully saturated rings. The monoisotopic (exact) mass is 491 g/mol. The van der Waals surface area contributed by atoms with E-state index in [2.05, 4.69) is 15.9 Å². The van der Waals surface area contributed by atoms with Gasteiger partial charge in [0.2, 0.25) is 6.04 Å². The minimum atomic E-state index is -4.17. The van der Waals surface area contributed by atoms with Gasteiger partial charge in [-0.05, 0) is 53.7 Å². The van der Waals surface area contributed by atoms with Crippen molar-refractivity contribution in [3.63, 3.8) is 0 Å². The van der Waals surface area contributed by atoms with E-state index in [9.17, 15) is 22.8 Å². The molecule has 1 saturated heterocycles. The largest absolute Gasteiger partial charge is 0.524 e. The van der Waals surface area contributed by atoms with E-state index in [0.29, 0.717) is 6.42 Å². The number of nitrogens with zero attached hydrogens (tertiary/aromatic N) is 1. The number of nitrogens with one attached hydrogen (secondary N) is 1. The normalized spacial score (nSPS) is 22.2. The highest BCUT2D eigenvalue weighted by Gasteiger charge is 2.59. The van der Waals surface area contributed by atoms with Gasteiger partial charge in [0.1, 0.15) is 5.60 Å². The maximum atomic E-state index is 12.8. The zero-order valence-corrected chi connectivity index (χ0v) is 19.0. The summed E-state index contributed by atoms with van der Waals surface area (Å²) in [5.74, 6) is -1.61. The quantitative estimate of drug-likeness (QED) is 0.508. The van der Waals surface area contributed by atoms with E-state index < -0.39 is 44.1 Å². The van der Waals surface area contributed by atoms with Gasteiger partial charge in [-0.15, -0.1) is 4.48 Å². The molecule has 0 aliphatic carbocycles. The predicted octanol–water partition coefficient (Wildman–Crippen LogP) is 2.65. The van der Waals surface area contributed by atoms with Crippen LogP contribution in [0.5, 0.6) is 0 Å². The molecule has 1 aliphatic heterocycles. The van der Waals surface area contributed by atoms with E-state index in [1.165, 1.54) is 25.1 Å². The molecule has 0 bridgehead atoms. The Labute approximate surface area is 178 Å². The molecule has 0 radical (unpaired) electrons. The molecule has 0 spiro atoms. The average Bonchev–Trinajstić information content (AvgIpc) is 3.05. The second-order valence-electron chi connectivity index (χ2n) is 7.69. The molecule has 9 nitrogen and oxygen atoms in total. The first-order chi connectivity index (χ1) is 13.3. The Kier molecular flexibility index (Phi) is 6.88. The fourth-order valence-electron chi connectivity index (χ4n) is 3.15. The first-order valence-electron chi connectivity index (χ1n) is 8.91. The van der Waals surface area contributed by atoms with Crippen molar-refractivity contribution >= 4 is 43.9 Å². The van der Waals surface area contributed by atoms with Gasteiger partial charge in [-0.1, -0.05) is 12.1 Å². The zero-order valence-electron chi connectivity index (χ0n) is 16.6. The number of sulfonamides is 1. The number of ether oxygens (including phenoxy) is 1. The van der Waals surface area contributed by atoms with Crippen LogP contribution in [0.2, 0.25) is 0 Å². The average molecular weight is 492 g/mol. The summed E-state index contributed by atoms with van der Waals surface area (Å²) in [6.07, 6.45) is -0.289. The molecular formula is C18H24BrN2O7S+. The minimum absolute atomic E-state index is 0.0704. The van der Waals surface area contributed by atoms with Gasteiger partial charge in [0.15, 0.2) is 0 Å². The molecule has 2 rings (SSSR count). The molecule has 160 valence electrons. The Morgan fingerprint density at radius 1 is 1.21 bits per heavy atom. The van der Waals surface area contributed by atoms with Crippen LogP contribution in [-0.4, -0.2) is 49.1 Å². The van der Waals surface area contributed by atoms with Crippen LogP contribution in [-0.2, 0) is 29.2 Å². The van der Waals surface area contributed by atoms with Crippen LogP contribution in [0.15, 0.2) is 33.6 Å². The summed E-state index contributed by atoms with van der Waals surface area (Å²) >= 11 is 3.12. The lowest BCUT2D eigenvalue weighted by molar-refractivity contribution is -0.786. The summed E-state index contributed by atoms with van der Waals surface area (Å²) < 4.78 is 29.6. The van der Waals surface area contributed by atoms with E-state index >= 15 is 0 Å². The van der Waals surface area contributed by atoms with Crippen LogP contribution < -0.4 is 4.89 Å². The van der Waals surface area contributed by atoms with Gasteiger partial charge in [-0.25, -0.2) is 18.0 Å². The van der Waals surface area contributed by atoms with E-state index in [1.54, 1.807) is 31.7 Å². The third-order valence-electron chi connectivity index (χ3n) is 4.45. The second kappa shape index (κ2) is 8.50. The van der Waals surface area contributed by atoms with E-state index in [1.807, 2.05) is 0 Å². The summed E-state index contributed by atoms with van der Waals surface area (Å²) in [5, 5.41) is 0. The van der Waals surface area contributed by atoms with Crippen molar-refractivity contribution in [1.29, 1.82) is 0 Å². The van der Waals surface area contributed by atoms with Gasteiger partial charge >= 0.3 is 18.0 Å². The first kappa shape index (κ1) is 23.5. The molecule has 29 heavy (non-hydrogen) atoms. The van der Waals surface area contributed by atoms with Gasteiger partial charge in [-0.3, -0.25) is 0 Å². The van der Waals surface area contributed by atoms with Crippen molar-refractivity contribution in [2.24, 2.45) is 0 Å². The molecule has 0 aromatic heterocycles.